The molecule has 4 nitrogen and oxygen atoms in total. The van der Waals surface area contributed by atoms with Crippen molar-refractivity contribution in [3.63, 3.8) is 0 Å². The molecule has 0 amide bonds. The average Bonchev–Trinajstić information content (AvgIpc) is 2.60. The average molecular weight is 350 g/mol. The zero-order chi connectivity index (χ0) is 18.7. The lowest BCUT2D eigenvalue weighted by Crippen LogP contribution is -2.09. The fourth-order valence-corrected chi connectivity index (χ4v) is 3.01. The van der Waals surface area contributed by atoms with Crippen molar-refractivity contribution in [2.45, 2.75) is 40.0 Å². The molecule has 3 rings (SSSR count). The maximum Gasteiger partial charge on any atom is 0.308 e. The van der Waals surface area contributed by atoms with Crippen LogP contribution in [-0.4, -0.2) is 5.97 Å². The molecule has 0 fully saturated rings. The highest BCUT2D eigenvalue weighted by molar-refractivity contribution is 5.83. The van der Waals surface area contributed by atoms with E-state index in [0.717, 1.165) is 24.0 Å². The van der Waals surface area contributed by atoms with Crippen LogP contribution in [0.2, 0.25) is 0 Å². The van der Waals surface area contributed by atoms with Crippen LogP contribution in [0.3, 0.4) is 0 Å². The summed E-state index contributed by atoms with van der Waals surface area (Å²) < 4.78 is 11.2. The number of aryl methyl sites for hydroxylation is 2. The molecule has 0 spiro atoms. The second-order valence-electron chi connectivity index (χ2n) is 6.45. The van der Waals surface area contributed by atoms with Gasteiger partial charge in [0.15, 0.2) is 0 Å². The predicted octanol–water partition coefficient (Wildman–Crippen LogP) is 5.04. The number of hydrogen-bond acceptors (Lipinski definition) is 4. The Kier molecular flexibility index (Phi) is 5.21. The van der Waals surface area contributed by atoms with E-state index in [0.29, 0.717) is 34.5 Å². The second kappa shape index (κ2) is 7.56. The van der Waals surface area contributed by atoms with Crippen LogP contribution in [0, 0.1) is 6.92 Å². The monoisotopic (exact) mass is 350 g/mol. The molecule has 134 valence electrons. The molecule has 0 radical (unpaired) electrons. The normalized spacial score (nSPS) is 10.9. The van der Waals surface area contributed by atoms with E-state index in [4.69, 9.17) is 9.15 Å². The van der Waals surface area contributed by atoms with Crippen molar-refractivity contribution >= 4 is 16.9 Å². The smallest absolute Gasteiger partial charge is 0.308 e. The Morgan fingerprint density at radius 3 is 2.50 bits per heavy atom. The van der Waals surface area contributed by atoms with Crippen molar-refractivity contribution in [1.29, 1.82) is 0 Å². The summed E-state index contributed by atoms with van der Waals surface area (Å²) in [6, 6.07) is 12.6. The first-order chi connectivity index (χ1) is 12.5. The van der Waals surface area contributed by atoms with E-state index < -0.39 is 0 Å². The number of carbonyl (C=O) groups excluding carboxylic acids is 1. The highest BCUT2D eigenvalue weighted by Crippen LogP contribution is 2.28. The molecule has 26 heavy (non-hydrogen) atoms. The Morgan fingerprint density at radius 1 is 1.12 bits per heavy atom. The van der Waals surface area contributed by atoms with Crippen LogP contribution < -0.4 is 10.2 Å². The van der Waals surface area contributed by atoms with Crippen LogP contribution in [0.1, 0.15) is 38.0 Å². The highest BCUT2D eigenvalue weighted by Gasteiger charge is 2.16. The number of rotatable bonds is 5. The van der Waals surface area contributed by atoms with Crippen LogP contribution >= 0.6 is 0 Å². The van der Waals surface area contributed by atoms with Gasteiger partial charge in [0.1, 0.15) is 17.1 Å². The van der Waals surface area contributed by atoms with Gasteiger partial charge in [-0.2, -0.15) is 0 Å². The molecule has 0 saturated heterocycles. The van der Waals surface area contributed by atoms with Crippen molar-refractivity contribution in [2.24, 2.45) is 0 Å². The molecule has 4 heteroatoms. The molecule has 2 aromatic carbocycles. The first-order valence-corrected chi connectivity index (χ1v) is 8.84. The first-order valence-electron chi connectivity index (χ1n) is 8.84. The van der Waals surface area contributed by atoms with Crippen molar-refractivity contribution in [1.82, 2.24) is 0 Å². The maximum atomic E-state index is 13.1. The topological polar surface area (TPSA) is 56.5 Å². The van der Waals surface area contributed by atoms with E-state index in [1.165, 1.54) is 6.92 Å². The van der Waals surface area contributed by atoms with E-state index in [2.05, 4.69) is 6.92 Å². The highest BCUT2D eigenvalue weighted by atomic mass is 16.5. The first kappa shape index (κ1) is 17.9. The Balaban J connectivity index is 2.16. The molecule has 1 aromatic heterocycles. The van der Waals surface area contributed by atoms with Gasteiger partial charge in [0.05, 0.1) is 10.9 Å². The summed E-state index contributed by atoms with van der Waals surface area (Å²) in [4.78, 5) is 24.2. The number of benzene rings is 2. The lowest BCUT2D eigenvalue weighted by Gasteiger charge is -2.11. The third-order valence-corrected chi connectivity index (χ3v) is 4.28. The van der Waals surface area contributed by atoms with Gasteiger partial charge in [-0.05, 0) is 48.7 Å². The lowest BCUT2D eigenvalue weighted by molar-refractivity contribution is -0.131. The van der Waals surface area contributed by atoms with Gasteiger partial charge in [-0.3, -0.25) is 9.59 Å². The summed E-state index contributed by atoms with van der Waals surface area (Å²) in [5.74, 6) is 0.786. The van der Waals surface area contributed by atoms with Gasteiger partial charge < -0.3 is 9.15 Å². The van der Waals surface area contributed by atoms with Crippen molar-refractivity contribution in [2.75, 3.05) is 0 Å². The molecule has 0 bridgehead atoms. The molecule has 0 aliphatic rings. The van der Waals surface area contributed by atoms with Crippen LogP contribution in [0.4, 0.5) is 0 Å². The van der Waals surface area contributed by atoms with Gasteiger partial charge in [0.25, 0.3) is 0 Å². The van der Waals surface area contributed by atoms with Gasteiger partial charge >= 0.3 is 5.97 Å². The van der Waals surface area contributed by atoms with E-state index in [-0.39, 0.29) is 11.4 Å². The van der Waals surface area contributed by atoms with E-state index in [1.807, 2.05) is 25.1 Å². The van der Waals surface area contributed by atoms with Gasteiger partial charge in [-0.25, -0.2) is 0 Å². The Hall–Kier alpha value is -2.88. The SMILES string of the molecule is CCCCc1oc2cc(C)ccc2c(=O)c1-c1ccc(OC(C)=O)cc1. The maximum absolute atomic E-state index is 13.1. The van der Waals surface area contributed by atoms with E-state index in [9.17, 15) is 9.59 Å². The standard InChI is InChI=1S/C22H22O4/c1-4-5-6-19-21(16-8-10-17(11-9-16)25-15(3)23)22(24)18-12-7-14(2)13-20(18)26-19/h7-13H,4-6H2,1-3H3. The Morgan fingerprint density at radius 2 is 1.85 bits per heavy atom. The van der Waals surface area contributed by atoms with Crippen LogP contribution in [0.5, 0.6) is 5.75 Å². The number of carbonyl (C=O) groups is 1. The van der Waals surface area contributed by atoms with Crippen molar-refractivity contribution in [3.8, 4) is 16.9 Å². The minimum atomic E-state index is -0.373. The largest absolute Gasteiger partial charge is 0.460 e. The van der Waals surface area contributed by atoms with E-state index in [1.54, 1.807) is 24.3 Å². The number of unbranched alkanes of at least 4 members (excludes halogenated alkanes) is 1. The molecule has 0 aliphatic carbocycles. The number of esters is 1. The molecule has 0 aliphatic heterocycles. The second-order valence-corrected chi connectivity index (χ2v) is 6.45. The number of ether oxygens (including phenoxy) is 1. The molecule has 1 heterocycles. The Bertz CT molecular complexity index is 997. The van der Waals surface area contributed by atoms with Gasteiger partial charge in [-0.1, -0.05) is 31.5 Å². The van der Waals surface area contributed by atoms with Gasteiger partial charge in [0.2, 0.25) is 5.43 Å². The quantitative estimate of drug-likeness (QED) is 0.478. The van der Waals surface area contributed by atoms with Crippen LogP contribution in [0.15, 0.2) is 51.7 Å². The van der Waals surface area contributed by atoms with Gasteiger partial charge in [0, 0.05) is 13.3 Å². The Labute approximate surface area is 152 Å². The molecule has 0 unspecified atom stereocenters. The molecule has 0 atom stereocenters. The molecule has 0 saturated carbocycles. The van der Waals surface area contributed by atoms with E-state index >= 15 is 0 Å². The third kappa shape index (κ3) is 3.69. The minimum Gasteiger partial charge on any atom is -0.460 e. The zero-order valence-electron chi connectivity index (χ0n) is 15.3. The number of hydrogen-bond donors (Lipinski definition) is 0. The summed E-state index contributed by atoms with van der Waals surface area (Å²) in [5, 5.41) is 0.579. The molecular formula is C22H22O4. The van der Waals surface area contributed by atoms with Crippen LogP contribution in [0.25, 0.3) is 22.1 Å². The zero-order valence-corrected chi connectivity index (χ0v) is 15.3. The summed E-state index contributed by atoms with van der Waals surface area (Å²) in [6.45, 7) is 5.44. The van der Waals surface area contributed by atoms with Crippen molar-refractivity contribution < 1.29 is 13.9 Å². The fraction of sp³-hybridized carbons (Fsp3) is 0.273. The molecule has 0 N–H and O–H groups in total. The summed E-state index contributed by atoms with van der Waals surface area (Å²) in [7, 11) is 0. The third-order valence-electron chi connectivity index (χ3n) is 4.28. The summed E-state index contributed by atoms with van der Waals surface area (Å²) in [5.41, 5.74) is 3.01. The lowest BCUT2D eigenvalue weighted by atomic mass is 9.99. The van der Waals surface area contributed by atoms with Gasteiger partial charge in [-0.15, -0.1) is 0 Å². The molecule has 3 aromatic rings. The summed E-state index contributed by atoms with van der Waals surface area (Å²) in [6.07, 6.45) is 2.66. The van der Waals surface area contributed by atoms with Crippen LogP contribution in [-0.2, 0) is 11.2 Å². The minimum absolute atomic E-state index is 0.0300. The molecular weight excluding hydrogens is 328 g/mol. The predicted molar refractivity (Wildman–Crippen MR) is 103 cm³/mol. The fourth-order valence-electron chi connectivity index (χ4n) is 3.01. The van der Waals surface area contributed by atoms with Crippen molar-refractivity contribution in [3.05, 3.63) is 64.0 Å². The summed E-state index contributed by atoms with van der Waals surface area (Å²) >= 11 is 0. The number of fused-ring (bicyclic) bond motifs is 1.